The van der Waals surface area contributed by atoms with Crippen molar-refractivity contribution < 1.29 is 4.79 Å². The van der Waals surface area contributed by atoms with Gasteiger partial charge in [-0.15, -0.1) is 11.3 Å². The zero-order chi connectivity index (χ0) is 21.3. The third-order valence-electron chi connectivity index (χ3n) is 5.02. The van der Waals surface area contributed by atoms with Crippen LogP contribution in [0.4, 0.5) is 0 Å². The lowest BCUT2D eigenvalue weighted by molar-refractivity contribution is 0.102. The van der Waals surface area contributed by atoms with E-state index in [1.807, 2.05) is 61.5 Å². The van der Waals surface area contributed by atoms with E-state index in [9.17, 15) is 9.59 Å². The Labute approximate surface area is 183 Å². The highest BCUT2D eigenvalue weighted by Gasteiger charge is 2.17. The highest BCUT2D eigenvalue weighted by atomic mass is 32.2. The monoisotopic (exact) mass is 434 g/mol. The van der Waals surface area contributed by atoms with Gasteiger partial charge in [-0.05, 0) is 24.0 Å². The average molecular weight is 435 g/mol. The van der Waals surface area contributed by atoms with E-state index in [0.717, 1.165) is 16.0 Å². The van der Waals surface area contributed by atoms with Gasteiger partial charge in [-0.3, -0.25) is 9.59 Å². The molecule has 0 amide bonds. The summed E-state index contributed by atoms with van der Waals surface area (Å²) in [5, 5.41) is 1.09. The van der Waals surface area contributed by atoms with E-state index < -0.39 is 0 Å². The van der Waals surface area contributed by atoms with E-state index in [0.29, 0.717) is 26.9 Å². The van der Waals surface area contributed by atoms with Crippen molar-refractivity contribution in [3.05, 3.63) is 81.0 Å². The number of thiophene rings is 1. The lowest BCUT2D eigenvalue weighted by Crippen LogP contribution is -2.10. The number of Topliss-reactive ketones (excluding diaryl/α,β-unsaturated/α-hetero) is 1. The zero-order valence-corrected chi connectivity index (χ0v) is 18.7. The van der Waals surface area contributed by atoms with E-state index in [1.54, 1.807) is 0 Å². The van der Waals surface area contributed by atoms with Crippen molar-refractivity contribution in [2.24, 2.45) is 0 Å². The second-order valence-electron chi connectivity index (χ2n) is 7.44. The summed E-state index contributed by atoms with van der Waals surface area (Å²) >= 11 is 2.77. The number of fused-ring (bicyclic) bond motifs is 1. The van der Waals surface area contributed by atoms with Crippen LogP contribution < -0.4 is 5.56 Å². The summed E-state index contributed by atoms with van der Waals surface area (Å²) < 4.78 is 0. The lowest BCUT2D eigenvalue weighted by Gasteiger charge is -2.06. The molecule has 0 atom stereocenters. The summed E-state index contributed by atoms with van der Waals surface area (Å²) in [6.45, 7) is 6.26. The molecule has 6 heteroatoms. The molecule has 4 nitrogen and oxygen atoms in total. The van der Waals surface area contributed by atoms with Crippen LogP contribution in [0.2, 0.25) is 0 Å². The smallest absolute Gasteiger partial charge is 0.260 e. The highest BCUT2D eigenvalue weighted by molar-refractivity contribution is 7.99. The Bertz CT molecular complexity index is 1260. The van der Waals surface area contributed by atoms with Crippen molar-refractivity contribution in [2.75, 3.05) is 5.75 Å². The Balaban J connectivity index is 1.57. The number of hydrogen-bond acceptors (Lipinski definition) is 5. The van der Waals surface area contributed by atoms with Crippen LogP contribution >= 0.6 is 23.1 Å². The maximum atomic E-state index is 12.8. The van der Waals surface area contributed by atoms with Crippen molar-refractivity contribution in [3.8, 4) is 11.1 Å². The molecular formula is C24H22N2O2S2. The van der Waals surface area contributed by atoms with Gasteiger partial charge < -0.3 is 4.98 Å². The van der Waals surface area contributed by atoms with Gasteiger partial charge in [0.15, 0.2) is 10.9 Å². The fourth-order valence-corrected chi connectivity index (χ4v) is 5.25. The number of hydrogen-bond donors (Lipinski definition) is 1. The second-order valence-corrected chi connectivity index (χ2v) is 9.61. The Hall–Kier alpha value is -2.70. The fourth-order valence-electron chi connectivity index (χ4n) is 3.39. The molecule has 0 radical (unpaired) electrons. The third kappa shape index (κ3) is 4.11. The molecule has 0 spiro atoms. The molecule has 4 aromatic rings. The molecule has 4 rings (SSSR count). The number of ketones is 1. The predicted molar refractivity (Wildman–Crippen MR) is 126 cm³/mol. The number of carbonyl (C=O) groups is 1. The largest absolute Gasteiger partial charge is 0.301 e. The maximum absolute atomic E-state index is 12.8. The van der Waals surface area contributed by atoms with Crippen molar-refractivity contribution in [2.45, 2.75) is 31.8 Å². The van der Waals surface area contributed by atoms with E-state index in [1.165, 1.54) is 28.7 Å². The normalized spacial score (nSPS) is 11.3. The van der Waals surface area contributed by atoms with Crippen LogP contribution in [-0.2, 0) is 0 Å². The topological polar surface area (TPSA) is 62.8 Å². The highest BCUT2D eigenvalue weighted by Crippen LogP contribution is 2.35. The number of aromatic amines is 1. The SMILES string of the molecule is Cc1sc2nc(SCC(=O)c3ccc(C(C)C)cc3)[nH]c(=O)c2c1-c1ccccc1. The minimum atomic E-state index is -0.167. The molecule has 0 saturated carbocycles. The first-order valence-corrected chi connectivity index (χ1v) is 11.6. The van der Waals surface area contributed by atoms with Gasteiger partial charge >= 0.3 is 0 Å². The number of thioether (sulfide) groups is 1. The Morgan fingerprint density at radius 2 is 1.80 bits per heavy atom. The fraction of sp³-hybridized carbons (Fsp3) is 0.208. The quantitative estimate of drug-likeness (QED) is 0.228. The van der Waals surface area contributed by atoms with Crippen LogP contribution in [0.25, 0.3) is 21.3 Å². The number of H-pyrrole nitrogens is 1. The maximum Gasteiger partial charge on any atom is 0.260 e. The number of rotatable bonds is 6. The predicted octanol–water partition coefficient (Wildman–Crippen LogP) is 6.06. The molecule has 30 heavy (non-hydrogen) atoms. The van der Waals surface area contributed by atoms with Gasteiger partial charge in [-0.2, -0.15) is 0 Å². The molecule has 0 fully saturated rings. The third-order valence-corrected chi connectivity index (χ3v) is 6.89. The van der Waals surface area contributed by atoms with E-state index in [2.05, 4.69) is 23.8 Å². The first-order chi connectivity index (χ1) is 14.4. The van der Waals surface area contributed by atoms with E-state index in [-0.39, 0.29) is 17.1 Å². The number of aromatic nitrogens is 2. The summed E-state index contributed by atoms with van der Waals surface area (Å²) in [4.78, 5) is 34.6. The molecule has 0 aliphatic heterocycles. The van der Waals surface area contributed by atoms with Gasteiger partial charge in [0, 0.05) is 16.0 Å². The van der Waals surface area contributed by atoms with Gasteiger partial charge in [-0.25, -0.2) is 4.98 Å². The second kappa shape index (κ2) is 8.58. The molecule has 2 aromatic carbocycles. The molecule has 2 heterocycles. The summed E-state index contributed by atoms with van der Waals surface area (Å²) in [6.07, 6.45) is 0. The number of aryl methyl sites for hydroxylation is 1. The molecule has 0 aliphatic rings. The minimum Gasteiger partial charge on any atom is -0.301 e. The summed E-state index contributed by atoms with van der Waals surface area (Å²) in [5.74, 6) is 0.677. The number of benzene rings is 2. The molecule has 0 unspecified atom stereocenters. The molecule has 1 N–H and O–H groups in total. The first-order valence-electron chi connectivity index (χ1n) is 9.79. The van der Waals surface area contributed by atoms with Crippen LogP contribution in [-0.4, -0.2) is 21.5 Å². The number of carbonyl (C=O) groups excluding carboxylic acids is 1. The van der Waals surface area contributed by atoms with Crippen LogP contribution in [0.15, 0.2) is 64.5 Å². The standard InChI is InChI=1S/C24H22N2O2S2/c1-14(2)16-9-11-17(12-10-16)19(27)13-29-24-25-22(28)21-20(15(3)30-23(21)26-24)18-7-5-4-6-8-18/h4-12,14H,13H2,1-3H3,(H,25,26,28). The van der Waals surface area contributed by atoms with Gasteiger partial charge in [0.1, 0.15) is 4.83 Å². The van der Waals surface area contributed by atoms with Crippen LogP contribution in [0, 0.1) is 6.92 Å². The zero-order valence-electron chi connectivity index (χ0n) is 17.1. The van der Waals surface area contributed by atoms with Crippen LogP contribution in [0.5, 0.6) is 0 Å². The molecule has 0 bridgehead atoms. The van der Waals surface area contributed by atoms with E-state index >= 15 is 0 Å². The van der Waals surface area contributed by atoms with Crippen molar-refractivity contribution in [1.29, 1.82) is 0 Å². The Kier molecular flexibility index (Phi) is 5.88. The summed E-state index contributed by atoms with van der Waals surface area (Å²) in [7, 11) is 0. The van der Waals surface area contributed by atoms with Crippen LogP contribution in [0.1, 0.15) is 40.6 Å². The van der Waals surface area contributed by atoms with Crippen molar-refractivity contribution >= 4 is 39.1 Å². The molecule has 152 valence electrons. The minimum absolute atomic E-state index is 0.0189. The number of nitrogens with zero attached hydrogens (tertiary/aromatic N) is 1. The Morgan fingerprint density at radius 3 is 2.47 bits per heavy atom. The molecular weight excluding hydrogens is 412 g/mol. The van der Waals surface area contributed by atoms with Crippen molar-refractivity contribution in [3.63, 3.8) is 0 Å². The lowest BCUT2D eigenvalue weighted by atomic mass is 10.0. The summed E-state index contributed by atoms with van der Waals surface area (Å²) in [5.41, 5.74) is 3.65. The average Bonchev–Trinajstić information content (AvgIpc) is 3.09. The molecule has 0 saturated heterocycles. The van der Waals surface area contributed by atoms with Gasteiger partial charge in [-0.1, -0.05) is 80.2 Å². The van der Waals surface area contributed by atoms with Crippen molar-refractivity contribution in [1.82, 2.24) is 9.97 Å². The molecule has 0 aliphatic carbocycles. The first kappa shape index (κ1) is 20.6. The van der Waals surface area contributed by atoms with Gasteiger partial charge in [0.25, 0.3) is 5.56 Å². The number of nitrogens with one attached hydrogen (secondary N) is 1. The Morgan fingerprint density at radius 1 is 1.10 bits per heavy atom. The molecule has 2 aromatic heterocycles. The summed E-state index contributed by atoms with van der Waals surface area (Å²) in [6, 6.07) is 17.6. The van der Waals surface area contributed by atoms with E-state index in [4.69, 9.17) is 0 Å². The van der Waals surface area contributed by atoms with Gasteiger partial charge in [0.2, 0.25) is 0 Å². The van der Waals surface area contributed by atoms with Gasteiger partial charge in [0.05, 0.1) is 11.1 Å². The van der Waals surface area contributed by atoms with Crippen LogP contribution in [0.3, 0.4) is 0 Å².